The molecule has 0 saturated heterocycles. The highest BCUT2D eigenvalue weighted by Crippen LogP contribution is 2.27. The Kier molecular flexibility index (Phi) is 4.91. The van der Waals surface area contributed by atoms with E-state index in [0.29, 0.717) is 5.02 Å². The molecule has 1 heterocycles. The smallest absolute Gasteiger partial charge is 0.124 e. The van der Waals surface area contributed by atoms with E-state index in [2.05, 4.69) is 15.7 Å². The Morgan fingerprint density at radius 2 is 2.26 bits per heavy atom. The summed E-state index contributed by atoms with van der Waals surface area (Å²) in [6.45, 7) is 4.85. The molecular formula is C14H16ClFN2S. The van der Waals surface area contributed by atoms with Gasteiger partial charge >= 0.3 is 0 Å². The summed E-state index contributed by atoms with van der Waals surface area (Å²) in [6.07, 6.45) is 0.754. The van der Waals surface area contributed by atoms with Gasteiger partial charge in [-0.1, -0.05) is 24.6 Å². The minimum atomic E-state index is -0.312. The quantitative estimate of drug-likeness (QED) is 0.897. The van der Waals surface area contributed by atoms with Crippen LogP contribution in [0, 0.1) is 12.7 Å². The molecule has 2 aromatic rings. The second-order valence-electron chi connectivity index (χ2n) is 4.34. The van der Waals surface area contributed by atoms with Gasteiger partial charge in [0.05, 0.1) is 10.7 Å². The molecule has 0 aliphatic heterocycles. The second-order valence-corrected chi connectivity index (χ2v) is 5.81. The number of halogens is 2. The summed E-state index contributed by atoms with van der Waals surface area (Å²) in [5.41, 5.74) is 1.95. The van der Waals surface area contributed by atoms with Crippen molar-refractivity contribution in [2.75, 3.05) is 6.54 Å². The topological polar surface area (TPSA) is 24.9 Å². The van der Waals surface area contributed by atoms with E-state index in [1.54, 1.807) is 17.4 Å². The lowest BCUT2D eigenvalue weighted by Crippen LogP contribution is -2.23. The van der Waals surface area contributed by atoms with Crippen LogP contribution in [0.5, 0.6) is 0 Å². The Bertz CT molecular complexity index is 556. The van der Waals surface area contributed by atoms with Gasteiger partial charge in [-0.05, 0) is 31.2 Å². The maximum atomic E-state index is 13.1. The summed E-state index contributed by atoms with van der Waals surface area (Å²) in [4.78, 5) is 4.47. The van der Waals surface area contributed by atoms with Gasteiger partial charge in [0.25, 0.3) is 0 Å². The molecule has 0 amide bonds. The van der Waals surface area contributed by atoms with Crippen LogP contribution in [0.4, 0.5) is 4.39 Å². The standard InChI is InChI=1S/C14H16ClFN2S/c1-3-17-14(7-11-8-19-9(2)18-11)12-5-4-10(16)6-13(12)15/h4-6,8,14,17H,3,7H2,1-2H3. The van der Waals surface area contributed by atoms with Gasteiger partial charge in [-0.25, -0.2) is 9.37 Å². The summed E-state index contributed by atoms with van der Waals surface area (Å²) in [5.74, 6) is -0.312. The van der Waals surface area contributed by atoms with Gasteiger partial charge in [0.2, 0.25) is 0 Å². The Morgan fingerprint density at radius 3 is 2.84 bits per heavy atom. The maximum Gasteiger partial charge on any atom is 0.124 e. The Morgan fingerprint density at radius 1 is 1.47 bits per heavy atom. The number of rotatable bonds is 5. The minimum absolute atomic E-state index is 0.0552. The fourth-order valence-electron chi connectivity index (χ4n) is 2.03. The molecule has 0 bridgehead atoms. The summed E-state index contributed by atoms with van der Waals surface area (Å²) >= 11 is 7.77. The third kappa shape index (κ3) is 3.75. The zero-order chi connectivity index (χ0) is 13.8. The number of nitrogens with zero attached hydrogens (tertiary/aromatic N) is 1. The van der Waals surface area contributed by atoms with E-state index in [9.17, 15) is 4.39 Å². The number of benzene rings is 1. The predicted octanol–water partition coefficient (Wildman–Crippen LogP) is 4.14. The van der Waals surface area contributed by atoms with E-state index in [1.807, 2.05) is 13.8 Å². The highest BCUT2D eigenvalue weighted by atomic mass is 35.5. The molecule has 5 heteroatoms. The van der Waals surface area contributed by atoms with E-state index >= 15 is 0 Å². The van der Waals surface area contributed by atoms with Gasteiger partial charge in [-0.3, -0.25) is 0 Å². The first-order chi connectivity index (χ1) is 9.10. The number of aromatic nitrogens is 1. The predicted molar refractivity (Wildman–Crippen MR) is 78.4 cm³/mol. The lowest BCUT2D eigenvalue weighted by Gasteiger charge is -2.18. The molecule has 2 rings (SSSR count). The highest BCUT2D eigenvalue weighted by Gasteiger charge is 2.16. The number of hydrogen-bond acceptors (Lipinski definition) is 3. The lowest BCUT2D eigenvalue weighted by atomic mass is 10.0. The molecule has 0 saturated carbocycles. The van der Waals surface area contributed by atoms with Crippen LogP contribution in [-0.4, -0.2) is 11.5 Å². The maximum absolute atomic E-state index is 13.1. The van der Waals surface area contributed by atoms with Gasteiger partial charge in [0.1, 0.15) is 5.82 Å². The van der Waals surface area contributed by atoms with Crippen LogP contribution in [0.3, 0.4) is 0 Å². The van der Waals surface area contributed by atoms with Crippen molar-refractivity contribution in [2.45, 2.75) is 26.3 Å². The van der Waals surface area contributed by atoms with Gasteiger partial charge in [-0.2, -0.15) is 0 Å². The molecule has 1 aromatic heterocycles. The largest absolute Gasteiger partial charge is 0.310 e. The first-order valence-corrected chi connectivity index (χ1v) is 7.45. The molecule has 0 fully saturated rings. The fourth-order valence-corrected chi connectivity index (χ4v) is 2.96. The van der Waals surface area contributed by atoms with E-state index in [1.165, 1.54) is 12.1 Å². The number of nitrogens with one attached hydrogen (secondary N) is 1. The first kappa shape index (κ1) is 14.4. The third-order valence-corrected chi connectivity index (χ3v) is 4.02. The van der Waals surface area contributed by atoms with Crippen molar-refractivity contribution in [1.29, 1.82) is 0 Å². The van der Waals surface area contributed by atoms with Crippen molar-refractivity contribution in [3.05, 3.63) is 50.7 Å². The van der Waals surface area contributed by atoms with E-state index in [4.69, 9.17) is 11.6 Å². The van der Waals surface area contributed by atoms with Crippen LogP contribution in [-0.2, 0) is 6.42 Å². The van der Waals surface area contributed by atoms with E-state index in [0.717, 1.165) is 29.2 Å². The molecule has 0 radical (unpaired) electrons. The molecule has 1 unspecified atom stereocenters. The van der Waals surface area contributed by atoms with Gasteiger partial charge in [0.15, 0.2) is 0 Å². The average molecular weight is 299 g/mol. The molecule has 1 N–H and O–H groups in total. The monoisotopic (exact) mass is 298 g/mol. The van der Waals surface area contributed by atoms with Crippen molar-refractivity contribution in [2.24, 2.45) is 0 Å². The number of hydrogen-bond donors (Lipinski definition) is 1. The normalized spacial score (nSPS) is 12.6. The van der Waals surface area contributed by atoms with Crippen molar-refractivity contribution in [3.63, 3.8) is 0 Å². The zero-order valence-electron chi connectivity index (χ0n) is 10.9. The lowest BCUT2D eigenvalue weighted by molar-refractivity contribution is 0.543. The summed E-state index contributed by atoms with van der Waals surface area (Å²) in [7, 11) is 0. The molecule has 0 spiro atoms. The molecule has 19 heavy (non-hydrogen) atoms. The van der Waals surface area contributed by atoms with Crippen LogP contribution < -0.4 is 5.32 Å². The number of likely N-dealkylation sites (N-methyl/N-ethyl adjacent to an activating group) is 1. The minimum Gasteiger partial charge on any atom is -0.310 e. The molecule has 1 atom stereocenters. The number of aryl methyl sites for hydroxylation is 1. The third-order valence-electron chi connectivity index (χ3n) is 2.87. The van der Waals surface area contributed by atoms with Crippen molar-refractivity contribution in [1.82, 2.24) is 10.3 Å². The van der Waals surface area contributed by atoms with Crippen LogP contribution in [0.1, 0.15) is 29.2 Å². The Balaban J connectivity index is 2.23. The van der Waals surface area contributed by atoms with Crippen LogP contribution in [0.25, 0.3) is 0 Å². The highest BCUT2D eigenvalue weighted by molar-refractivity contribution is 7.09. The van der Waals surface area contributed by atoms with Gasteiger partial charge in [-0.15, -0.1) is 11.3 Å². The first-order valence-electron chi connectivity index (χ1n) is 6.19. The summed E-state index contributed by atoms with van der Waals surface area (Å²) in [5, 5.41) is 6.94. The molecule has 1 aromatic carbocycles. The molecule has 0 aliphatic rings. The van der Waals surface area contributed by atoms with E-state index < -0.39 is 0 Å². The Labute approximate surface area is 121 Å². The molecule has 2 nitrogen and oxygen atoms in total. The summed E-state index contributed by atoms with van der Waals surface area (Å²) in [6, 6.07) is 4.59. The Hall–Kier alpha value is -0.970. The SMILES string of the molecule is CCNC(Cc1csc(C)n1)c1ccc(F)cc1Cl. The molecule has 102 valence electrons. The van der Waals surface area contributed by atoms with Crippen molar-refractivity contribution < 1.29 is 4.39 Å². The molecule has 0 aliphatic carbocycles. The summed E-state index contributed by atoms with van der Waals surface area (Å²) < 4.78 is 13.1. The van der Waals surface area contributed by atoms with Gasteiger partial charge in [0, 0.05) is 22.9 Å². The zero-order valence-corrected chi connectivity index (χ0v) is 12.5. The van der Waals surface area contributed by atoms with Crippen molar-refractivity contribution >= 4 is 22.9 Å². The van der Waals surface area contributed by atoms with Crippen LogP contribution >= 0.6 is 22.9 Å². The van der Waals surface area contributed by atoms with Gasteiger partial charge < -0.3 is 5.32 Å². The number of thiazole rings is 1. The fraction of sp³-hybridized carbons (Fsp3) is 0.357. The van der Waals surface area contributed by atoms with Crippen LogP contribution in [0.15, 0.2) is 23.6 Å². The van der Waals surface area contributed by atoms with E-state index in [-0.39, 0.29) is 11.9 Å². The van der Waals surface area contributed by atoms with Crippen molar-refractivity contribution in [3.8, 4) is 0 Å². The average Bonchev–Trinajstić information content (AvgIpc) is 2.74. The molecular weight excluding hydrogens is 283 g/mol. The van der Waals surface area contributed by atoms with Crippen LogP contribution in [0.2, 0.25) is 5.02 Å². The second kappa shape index (κ2) is 6.46.